The van der Waals surface area contributed by atoms with Crippen molar-refractivity contribution in [2.45, 2.75) is 19.8 Å². The van der Waals surface area contributed by atoms with Gasteiger partial charge in [0.2, 0.25) is 0 Å². The SMILES string of the molecule is CC(C)c1cc(NN)nc(-c2cc(Cl)ccc2Br)n1. The highest BCUT2D eigenvalue weighted by molar-refractivity contribution is 9.10. The summed E-state index contributed by atoms with van der Waals surface area (Å²) >= 11 is 9.51. The minimum atomic E-state index is 0.284. The number of aromatic nitrogens is 2. The summed E-state index contributed by atoms with van der Waals surface area (Å²) in [7, 11) is 0. The van der Waals surface area contributed by atoms with Gasteiger partial charge in [-0.05, 0) is 24.1 Å². The van der Waals surface area contributed by atoms with Crippen molar-refractivity contribution in [3.8, 4) is 11.4 Å². The third-order valence-corrected chi connectivity index (χ3v) is 3.58. The second-order valence-corrected chi connectivity index (χ2v) is 5.72. The van der Waals surface area contributed by atoms with Gasteiger partial charge in [-0.2, -0.15) is 0 Å². The lowest BCUT2D eigenvalue weighted by Gasteiger charge is -2.11. The number of nitrogen functional groups attached to an aromatic ring is 1. The first kappa shape index (κ1) is 14.2. The first-order valence-corrected chi connectivity index (χ1v) is 6.99. The second kappa shape index (κ2) is 5.86. The Bertz CT molecular complexity index is 601. The monoisotopic (exact) mass is 340 g/mol. The molecule has 0 bridgehead atoms. The summed E-state index contributed by atoms with van der Waals surface area (Å²) in [4.78, 5) is 8.93. The Morgan fingerprint density at radius 1 is 1.26 bits per heavy atom. The largest absolute Gasteiger partial charge is 0.308 e. The van der Waals surface area contributed by atoms with Crippen molar-refractivity contribution >= 4 is 33.3 Å². The van der Waals surface area contributed by atoms with Crippen LogP contribution in [0.5, 0.6) is 0 Å². The fraction of sp³-hybridized carbons (Fsp3) is 0.231. The molecule has 0 amide bonds. The first-order valence-electron chi connectivity index (χ1n) is 5.82. The summed E-state index contributed by atoms with van der Waals surface area (Å²) in [5.74, 6) is 6.91. The van der Waals surface area contributed by atoms with E-state index in [1.807, 2.05) is 24.3 Å². The van der Waals surface area contributed by atoms with Crippen LogP contribution in [0.25, 0.3) is 11.4 Å². The van der Waals surface area contributed by atoms with E-state index in [9.17, 15) is 0 Å². The van der Waals surface area contributed by atoms with E-state index in [2.05, 4.69) is 45.2 Å². The van der Waals surface area contributed by atoms with Crippen molar-refractivity contribution in [3.05, 3.63) is 39.5 Å². The third kappa shape index (κ3) is 3.23. The molecule has 0 radical (unpaired) electrons. The van der Waals surface area contributed by atoms with E-state index >= 15 is 0 Å². The van der Waals surface area contributed by atoms with E-state index < -0.39 is 0 Å². The molecule has 19 heavy (non-hydrogen) atoms. The molecule has 0 fully saturated rings. The molecule has 0 aliphatic rings. The molecule has 6 heteroatoms. The summed E-state index contributed by atoms with van der Waals surface area (Å²) in [6.07, 6.45) is 0. The Morgan fingerprint density at radius 3 is 2.63 bits per heavy atom. The van der Waals surface area contributed by atoms with Crippen molar-refractivity contribution < 1.29 is 0 Å². The molecule has 0 atom stereocenters. The van der Waals surface area contributed by atoms with E-state index in [4.69, 9.17) is 17.4 Å². The molecule has 0 aliphatic carbocycles. The molecule has 2 aromatic rings. The maximum absolute atomic E-state index is 6.03. The van der Waals surface area contributed by atoms with E-state index in [1.54, 1.807) is 0 Å². The lowest BCUT2D eigenvalue weighted by Crippen LogP contribution is -2.11. The van der Waals surface area contributed by atoms with E-state index in [0.717, 1.165) is 15.7 Å². The van der Waals surface area contributed by atoms with Crippen LogP contribution in [0.3, 0.4) is 0 Å². The molecule has 0 aliphatic heterocycles. The number of benzene rings is 1. The Balaban J connectivity index is 2.60. The van der Waals surface area contributed by atoms with Gasteiger partial charge in [0.1, 0.15) is 5.82 Å². The molecule has 0 spiro atoms. The molecule has 1 heterocycles. The summed E-state index contributed by atoms with van der Waals surface area (Å²) in [6, 6.07) is 7.35. The van der Waals surface area contributed by atoms with Gasteiger partial charge in [-0.15, -0.1) is 0 Å². The predicted molar refractivity (Wildman–Crippen MR) is 82.1 cm³/mol. The molecule has 3 N–H and O–H groups in total. The summed E-state index contributed by atoms with van der Waals surface area (Å²) < 4.78 is 0.890. The Labute approximate surface area is 125 Å². The number of rotatable bonds is 3. The Morgan fingerprint density at radius 2 is 2.00 bits per heavy atom. The standard InChI is InChI=1S/C13H14BrClN4/c1-7(2)11-6-12(19-16)18-13(17-11)9-5-8(15)3-4-10(9)14/h3-7H,16H2,1-2H3,(H,17,18,19). The van der Waals surface area contributed by atoms with Crippen LogP contribution in [-0.4, -0.2) is 9.97 Å². The van der Waals surface area contributed by atoms with Crippen LogP contribution in [0, 0.1) is 0 Å². The van der Waals surface area contributed by atoms with Gasteiger partial charge in [0.05, 0.1) is 0 Å². The van der Waals surface area contributed by atoms with Crippen molar-refractivity contribution in [1.29, 1.82) is 0 Å². The Kier molecular flexibility index (Phi) is 4.39. The summed E-state index contributed by atoms with van der Waals surface area (Å²) in [5.41, 5.74) is 4.33. The van der Waals surface area contributed by atoms with Crippen LogP contribution >= 0.6 is 27.5 Å². The predicted octanol–water partition coefficient (Wildman–Crippen LogP) is 3.97. The number of halogens is 2. The van der Waals surface area contributed by atoms with Gasteiger partial charge in [0, 0.05) is 26.8 Å². The number of hydrogen-bond acceptors (Lipinski definition) is 4. The molecule has 4 nitrogen and oxygen atoms in total. The van der Waals surface area contributed by atoms with E-state index in [0.29, 0.717) is 16.7 Å². The minimum absolute atomic E-state index is 0.284. The van der Waals surface area contributed by atoms with Gasteiger partial charge in [-0.25, -0.2) is 15.8 Å². The molecule has 1 aromatic carbocycles. The third-order valence-electron chi connectivity index (χ3n) is 2.65. The zero-order chi connectivity index (χ0) is 14.0. The van der Waals surface area contributed by atoms with Crippen LogP contribution in [-0.2, 0) is 0 Å². The van der Waals surface area contributed by atoms with Crippen LogP contribution < -0.4 is 11.3 Å². The smallest absolute Gasteiger partial charge is 0.163 e. The van der Waals surface area contributed by atoms with E-state index in [1.165, 1.54) is 0 Å². The molecule has 100 valence electrons. The zero-order valence-corrected chi connectivity index (χ0v) is 13.0. The average molecular weight is 342 g/mol. The Hall–Kier alpha value is -1.17. The van der Waals surface area contributed by atoms with Crippen molar-refractivity contribution in [2.24, 2.45) is 5.84 Å². The molecule has 1 aromatic heterocycles. The number of nitrogens with one attached hydrogen (secondary N) is 1. The van der Waals surface area contributed by atoms with Crippen molar-refractivity contribution in [3.63, 3.8) is 0 Å². The molecule has 2 rings (SSSR count). The minimum Gasteiger partial charge on any atom is -0.308 e. The summed E-state index contributed by atoms with van der Waals surface area (Å²) in [5, 5.41) is 0.638. The van der Waals surface area contributed by atoms with Gasteiger partial charge in [0.25, 0.3) is 0 Å². The highest BCUT2D eigenvalue weighted by Crippen LogP contribution is 2.30. The number of nitrogens with zero attached hydrogens (tertiary/aromatic N) is 2. The topological polar surface area (TPSA) is 63.8 Å². The van der Waals surface area contributed by atoms with Crippen LogP contribution in [0.2, 0.25) is 5.02 Å². The first-order chi connectivity index (χ1) is 9.01. The molecule has 0 saturated carbocycles. The second-order valence-electron chi connectivity index (χ2n) is 4.42. The molecular formula is C13H14BrClN4. The van der Waals surface area contributed by atoms with Gasteiger partial charge in [0.15, 0.2) is 5.82 Å². The van der Waals surface area contributed by atoms with Gasteiger partial charge in [-0.3, -0.25) is 0 Å². The van der Waals surface area contributed by atoms with Crippen LogP contribution in [0.4, 0.5) is 5.82 Å². The number of hydrazine groups is 1. The molecule has 0 saturated heterocycles. The number of nitrogens with two attached hydrogens (primary N) is 1. The van der Waals surface area contributed by atoms with Crippen LogP contribution in [0.1, 0.15) is 25.5 Å². The molecule has 0 unspecified atom stereocenters. The highest BCUT2D eigenvalue weighted by Gasteiger charge is 2.12. The average Bonchev–Trinajstić information content (AvgIpc) is 2.40. The molecular weight excluding hydrogens is 328 g/mol. The fourth-order valence-corrected chi connectivity index (χ4v) is 2.22. The van der Waals surface area contributed by atoms with Crippen LogP contribution in [0.15, 0.2) is 28.7 Å². The lowest BCUT2D eigenvalue weighted by atomic mass is 10.1. The van der Waals surface area contributed by atoms with E-state index in [-0.39, 0.29) is 5.92 Å². The normalized spacial score (nSPS) is 10.8. The van der Waals surface area contributed by atoms with Gasteiger partial charge in [-0.1, -0.05) is 41.4 Å². The van der Waals surface area contributed by atoms with Gasteiger partial charge >= 0.3 is 0 Å². The maximum Gasteiger partial charge on any atom is 0.163 e. The fourth-order valence-electron chi connectivity index (χ4n) is 1.63. The lowest BCUT2D eigenvalue weighted by molar-refractivity contribution is 0.817. The number of anilines is 1. The zero-order valence-electron chi connectivity index (χ0n) is 10.6. The van der Waals surface area contributed by atoms with Crippen molar-refractivity contribution in [2.75, 3.05) is 5.43 Å². The van der Waals surface area contributed by atoms with Crippen molar-refractivity contribution in [1.82, 2.24) is 9.97 Å². The maximum atomic E-state index is 6.03. The summed E-state index contributed by atoms with van der Waals surface area (Å²) in [6.45, 7) is 4.14. The quantitative estimate of drug-likeness (QED) is 0.655. The van der Waals surface area contributed by atoms with Gasteiger partial charge < -0.3 is 5.43 Å². The highest BCUT2D eigenvalue weighted by atomic mass is 79.9. The number of hydrogen-bond donors (Lipinski definition) is 2.